The van der Waals surface area contributed by atoms with Crippen molar-refractivity contribution in [2.45, 2.75) is 65.0 Å². The quantitative estimate of drug-likeness (QED) is 0.578. The molecule has 0 aromatic carbocycles. The van der Waals surface area contributed by atoms with Gasteiger partial charge in [-0.15, -0.1) is 0 Å². The number of rotatable bonds is 3. The molecule has 76 valence electrons. The molecule has 1 aliphatic carbocycles. The van der Waals surface area contributed by atoms with Gasteiger partial charge in [0.25, 0.3) is 0 Å². The van der Waals surface area contributed by atoms with E-state index in [1.165, 1.54) is 33.0 Å². The molecule has 0 bridgehead atoms. The van der Waals surface area contributed by atoms with E-state index in [0.717, 1.165) is 23.5 Å². The highest BCUT2D eigenvalue weighted by molar-refractivity contribution is 6.39. The molecule has 0 radical (unpaired) electrons. The van der Waals surface area contributed by atoms with Gasteiger partial charge in [0.05, 0.1) is 0 Å². The van der Waals surface area contributed by atoms with E-state index in [4.69, 9.17) is 0 Å². The van der Waals surface area contributed by atoms with Crippen LogP contribution in [0.4, 0.5) is 0 Å². The Hall–Kier alpha value is 0.0649. The Labute approximate surface area is 84.7 Å². The predicted octanol–water partition coefficient (Wildman–Crippen LogP) is 3.89. The zero-order chi connectivity index (χ0) is 9.84. The lowest BCUT2D eigenvalue weighted by atomic mass is 9.47. The molecule has 0 spiro atoms. The lowest BCUT2D eigenvalue weighted by Gasteiger charge is -2.35. The second-order valence-corrected chi connectivity index (χ2v) is 5.28. The zero-order valence-corrected chi connectivity index (χ0v) is 9.84. The van der Waals surface area contributed by atoms with Gasteiger partial charge in [-0.2, -0.15) is 0 Å². The fourth-order valence-corrected chi connectivity index (χ4v) is 2.71. The molecule has 1 aliphatic rings. The molecule has 0 aromatic rings. The van der Waals surface area contributed by atoms with Crippen molar-refractivity contribution in [1.29, 1.82) is 0 Å². The van der Waals surface area contributed by atoms with Crippen molar-refractivity contribution < 1.29 is 0 Å². The standard InChI is InChI=1S/C12H25B/c1-5-10(3)13-12-8-6-7-9(2)11(12)4/h9-13H,5-8H2,1-4H3. The molecule has 0 aromatic heterocycles. The largest absolute Gasteiger partial charge is 0.127 e. The molecule has 1 saturated carbocycles. The average molecular weight is 180 g/mol. The first kappa shape index (κ1) is 11.1. The third kappa shape index (κ3) is 3.04. The summed E-state index contributed by atoms with van der Waals surface area (Å²) in [6.07, 6.45) is 5.80. The summed E-state index contributed by atoms with van der Waals surface area (Å²) in [5, 5.41) is 0. The Kier molecular flexibility index (Phi) is 4.35. The van der Waals surface area contributed by atoms with E-state index < -0.39 is 0 Å². The Morgan fingerprint density at radius 2 is 2.00 bits per heavy atom. The van der Waals surface area contributed by atoms with Crippen LogP contribution in [-0.4, -0.2) is 7.28 Å². The van der Waals surface area contributed by atoms with Crippen molar-refractivity contribution in [3.8, 4) is 0 Å². The normalized spacial score (nSPS) is 37.1. The lowest BCUT2D eigenvalue weighted by molar-refractivity contribution is 0.275. The van der Waals surface area contributed by atoms with Gasteiger partial charge >= 0.3 is 0 Å². The summed E-state index contributed by atoms with van der Waals surface area (Å²) in [7, 11) is 1.47. The van der Waals surface area contributed by atoms with Crippen LogP contribution in [0.15, 0.2) is 0 Å². The van der Waals surface area contributed by atoms with Crippen LogP contribution in [0.1, 0.15) is 53.4 Å². The smallest absolute Gasteiger partial charge is 0.0694 e. The van der Waals surface area contributed by atoms with Crippen LogP contribution >= 0.6 is 0 Å². The van der Waals surface area contributed by atoms with Crippen molar-refractivity contribution in [1.82, 2.24) is 0 Å². The van der Waals surface area contributed by atoms with Gasteiger partial charge in [-0.3, -0.25) is 0 Å². The summed E-state index contributed by atoms with van der Waals surface area (Å²) >= 11 is 0. The van der Waals surface area contributed by atoms with Crippen LogP contribution in [0.3, 0.4) is 0 Å². The fourth-order valence-electron chi connectivity index (χ4n) is 2.71. The summed E-state index contributed by atoms with van der Waals surface area (Å²) in [4.78, 5) is 0. The van der Waals surface area contributed by atoms with Crippen LogP contribution in [0.25, 0.3) is 0 Å². The second kappa shape index (κ2) is 5.07. The van der Waals surface area contributed by atoms with Crippen LogP contribution in [0.2, 0.25) is 11.6 Å². The lowest BCUT2D eigenvalue weighted by Crippen LogP contribution is -2.25. The molecule has 0 heterocycles. The van der Waals surface area contributed by atoms with Crippen molar-refractivity contribution in [2.75, 3.05) is 0 Å². The van der Waals surface area contributed by atoms with Gasteiger partial charge in [-0.25, -0.2) is 0 Å². The van der Waals surface area contributed by atoms with Gasteiger partial charge in [0.1, 0.15) is 7.28 Å². The summed E-state index contributed by atoms with van der Waals surface area (Å²) < 4.78 is 0. The van der Waals surface area contributed by atoms with Crippen molar-refractivity contribution in [3.63, 3.8) is 0 Å². The molecular formula is C12H25B. The minimum absolute atomic E-state index is 0.942. The first-order valence-electron chi connectivity index (χ1n) is 6.15. The molecule has 0 N–H and O–H groups in total. The molecule has 0 amide bonds. The molecule has 1 heteroatoms. The van der Waals surface area contributed by atoms with Crippen molar-refractivity contribution >= 4 is 7.28 Å². The van der Waals surface area contributed by atoms with Crippen LogP contribution in [-0.2, 0) is 0 Å². The highest BCUT2D eigenvalue weighted by Crippen LogP contribution is 2.39. The summed E-state index contributed by atoms with van der Waals surface area (Å²) in [5.74, 6) is 3.92. The van der Waals surface area contributed by atoms with Gasteiger partial charge < -0.3 is 0 Å². The Balaban J connectivity index is 2.39. The molecule has 0 nitrogen and oxygen atoms in total. The van der Waals surface area contributed by atoms with E-state index in [1.807, 2.05) is 0 Å². The monoisotopic (exact) mass is 180 g/mol. The predicted molar refractivity (Wildman–Crippen MR) is 62.8 cm³/mol. The molecule has 0 saturated heterocycles. The highest BCUT2D eigenvalue weighted by atomic mass is 14.3. The van der Waals surface area contributed by atoms with Gasteiger partial charge in [0, 0.05) is 0 Å². The van der Waals surface area contributed by atoms with E-state index in [-0.39, 0.29) is 0 Å². The van der Waals surface area contributed by atoms with E-state index in [1.54, 1.807) is 0 Å². The molecule has 1 rings (SSSR count). The van der Waals surface area contributed by atoms with E-state index in [9.17, 15) is 0 Å². The van der Waals surface area contributed by atoms with Crippen molar-refractivity contribution in [2.24, 2.45) is 11.8 Å². The first-order chi connectivity index (χ1) is 6.15. The maximum absolute atomic E-state index is 2.47. The van der Waals surface area contributed by atoms with Gasteiger partial charge in [0.2, 0.25) is 0 Å². The van der Waals surface area contributed by atoms with Crippen LogP contribution in [0, 0.1) is 11.8 Å². The molecule has 4 unspecified atom stereocenters. The van der Waals surface area contributed by atoms with E-state index >= 15 is 0 Å². The SMILES string of the molecule is CCC(C)BC1CCCC(C)C1C. The van der Waals surface area contributed by atoms with Gasteiger partial charge in [-0.1, -0.05) is 65.0 Å². The molecule has 13 heavy (non-hydrogen) atoms. The summed E-state index contributed by atoms with van der Waals surface area (Å²) in [5.41, 5.74) is 0. The zero-order valence-electron chi connectivity index (χ0n) is 9.84. The van der Waals surface area contributed by atoms with E-state index in [0.29, 0.717) is 0 Å². The number of hydrogen-bond donors (Lipinski definition) is 0. The fraction of sp³-hybridized carbons (Fsp3) is 1.00. The summed E-state index contributed by atoms with van der Waals surface area (Å²) in [6, 6.07) is 0. The summed E-state index contributed by atoms with van der Waals surface area (Å²) in [6.45, 7) is 9.64. The third-order valence-corrected chi connectivity index (χ3v) is 4.28. The van der Waals surface area contributed by atoms with E-state index in [2.05, 4.69) is 27.7 Å². The topological polar surface area (TPSA) is 0 Å². The van der Waals surface area contributed by atoms with Crippen LogP contribution in [0.5, 0.6) is 0 Å². The van der Waals surface area contributed by atoms with Gasteiger partial charge in [0.15, 0.2) is 0 Å². The second-order valence-electron chi connectivity index (χ2n) is 5.28. The maximum Gasteiger partial charge on any atom is 0.127 e. The van der Waals surface area contributed by atoms with Crippen LogP contribution < -0.4 is 0 Å². The molecule has 4 atom stereocenters. The number of hydrogen-bond acceptors (Lipinski definition) is 0. The first-order valence-corrected chi connectivity index (χ1v) is 6.15. The Morgan fingerprint density at radius 1 is 1.31 bits per heavy atom. The maximum atomic E-state index is 2.47. The third-order valence-electron chi connectivity index (χ3n) is 4.28. The molecular weight excluding hydrogens is 155 g/mol. The molecule has 0 aliphatic heterocycles. The van der Waals surface area contributed by atoms with Gasteiger partial charge in [-0.05, 0) is 11.8 Å². The molecule has 1 fully saturated rings. The Morgan fingerprint density at radius 3 is 2.62 bits per heavy atom. The highest BCUT2D eigenvalue weighted by Gasteiger charge is 2.28. The minimum Gasteiger partial charge on any atom is -0.0694 e. The minimum atomic E-state index is 0.942. The average Bonchev–Trinajstić information content (AvgIpc) is 2.13. The Bertz CT molecular complexity index is 144. The van der Waals surface area contributed by atoms with Crippen molar-refractivity contribution in [3.05, 3.63) is 0 Å².